The number of nitrogens with zero attached hydrogens (tertiary/aromatic N) is 2. The summed E-state index contributed by atoms with van der Waals surface area (Å²) >= 11 is 0.791. The second-order valence-corrected chi connectivity index (χ2v) is 9.31. The molecule has 1 aliphatic heterocycles. The van der Waals surface area contributed by atoms with E-state index in [4.69, 9.17) is 4.98 Å². The number of nitrogens with one attached hydrogen (secondary N) is 1. The van der Waals surface area contributed by atoms with Crippen molar-refractivity contribution < 1.29 is 27.9 Å². The van der Waals surface area contributed by atoms with Crippen LogP contribution in [0.25, 0.3) is 17.0 Å². The number of aromatic nitrogens is 1. The first-order valence-corrected chi connectivity index (χ1v) is 12.2. The highest BCUT2D eigenvalue weighted by atomic mass is 32.2. The fourth-order valence-electron chi connectivity index (χ4n) is 4.43. The fourth-order valence-corrected chi connectivity index (χ4v) is 5.29. The maximum atomic E-state index is 13.2. The third-order valence-corrected chi connectivity index (χ3v) is 6.95. The monoisotopic (exact) mass is 509 g/mol. The summed E-state index contributed by atoms with van der Waals surface area (Å²) in [4.78, 5) is 44.4. The average molecular weight is 510 g/mol. The molecule has 1 N–H and O–H groups in total. The molecule has 0 unspecified atom stereocenters. The van der Waals surface area contributed by atoms with Crippen molar-refractivity contribution in [3.8, 4) is 5.75 Å². The van der Waals surface area contributed by atoms with Crippen LogP contribution in [0.3, 0.4) is 0 Å². The van der Waals surface area contributed by atoms with Gasteiger partial charge in [0.15, 0.2) is 0 Å². The van der Waals surface area contributed by atoms with Gasteiger partial charge >= 0.3 is 6.61 Å². The molecule has 36 heavy (non-hydrogen) atoms. The van der Waals surface area contributed by atoms with Gasteiger partial charge in [-0.15, -0.1) is 0 Å². The van der Waals surface area contributed by atoms with Gasteiger partial charge in [-0.2, -0.15) is 8.78 Å². The summed E-state index contributed by atoms with van der Waals surface area (Å²) in [6, 6.07) is 13.3. The van der Waals surface area contributed by atoms with Gasteiger partial charge in [0.1, 0.15) is 5.75 Å². The highest BCUT2D eigenvalue weighted by Gasteiger charge is 2.35. The number of pyridine rings is 1. The van der Waals surface area contributed by atoms with Crippen LogP contribution in [-0.4, -0.2) is 46.6 Å². The summed E-state index contributed by atoms with van der Waals surface area (Å²) in [6.07, 6.45) is 4.09. The van der Waals surface area contributed by atoms with Crippen LogP contribution in [0.15, 0.2) is 53.4 Å². The lowest BCUT2D eigenvalue weighted by molar-refractivity contribution is -0.122. The molecule has 184 valence electrons. The van der Waals surface area contributed by atoms with Crippen molar-refractivity contribution in [2.24, 2.45) is 0 Å². The largest absolute Gasteiger partial charge is 0.435 e. The maximum Gasteiger partial charge on any atom is 0.387 e. The van der Waals surface area contributed by atoms with Crippen LogP contribution < -0.4 is 10.1 Å². The SMILES string of the molecule is O=C(NCCN1C(=O)S/C(=C\c2ccc(OC(F)F)cc2)C1=O)c1c2c(nc3ccccc13)CCC2. The predicted molar refractivity (Wildman–Crippen MR) is 132 cm³/mol. The molecule has 2 heterocycles. The number of benzene rings is 2. The number of hydrogen-bond acceptors (Lipinski definition) is 6. The summed E-state index contributed by atoms with van der Waals surface area (Å²) in [5, 5.41) is 3.21. The minimum atomic E-state index is -2.92. The Morgan fingerprint density at radius 3 is 2.69 bits per heavy atom. The Hall–Kier alpha value is -3.79. The smallest absolute Gasteiger partial charge is 0.387 e. The summed E-state index contributed by atoms with van der Waals surface area (Å²) in [5.41, 5.74) is 3.86. The highest BCUT2D eigenvalue weighted by Crippen LogP contribution is 2.33. The Kier molecular flexibility index (Phi) is 6.69. The average Bonchev–Trinajstić information content (AvgIpc) is 3.42. The number of amides is 3. The zero-order chi connectivity index (χ0) is 25.2. The molecule has 3 amide bonds. The van der Waals surface area contributed by atoms with Crippen molar-refractivity contribution in [3.63, 3.8) is 0 Å². The first-order chi connectivity index (χ1) is 17.4. The quantitative estimate of drug-likeness (QED) is 0.461. The van der Waals surface area contributed by atoms with Gasteiger partial charge in [-0.25, -0.2) is 0 Å². The van der Waals surface area contributed by atoms with Crippen LogP contribution in [0.1, 0.15) is 33.6 Å². The Balaban J connectivity index is 1.25. The van der Waals surface area contributed by atoms with Crippen LogP contribution in [0, 0.1) is 0 Å². The number of fused-ring (bicyclic) bond motifs is 2. The second kappa shape index (κ2) is 10.1. The molecule has 1 aromatic heterocycles. The molecule has 7 nitrogen and oxygen atoms in total. The molecule has 1 saturated heterocycles. The first-order valence-electron chi connectivity index (χ1n) is 11.4. The fraction of sp³-hybridized carbons (Fsp3) is 0.231. The lowest BCUT2D eigenvalue weighted by atomic mass is 10.0. The third kappa shape index (κ3) is 4.81. The Morgan fingerprint density at radius 1 is 1.14 bits per heavy atom. The van der Waals surface area contributed by atoms with Gasteiger partial charge in [-0.1, -0.05) is 30.3 Å². The number of aryl methyl sites for hydroxylation is 1. The number of carbonyl (C=O) groups is 3. The van der Waals surface area contributed by atoms with E-state index in [1.54, 1.807) is 0 Å². The standard InChI is InChI=1S/C26H21F2N3O4S/c27-25(28)35-16-10-8-15(9-11-16)14-21-24(33)31(26(34)36-21)13-12-29-23(32)22-17-4-1-2-6-19(17)30-20-7-3-5-18(20)22/h1-2,4,6,8-11,14,25H,3,5,7,12-13H2,(H,29,32)/b21-14-. The van der Waals surface area contributed by atoms with Crippen molar-refractivity contribution in [2.75, 3.05) is 13.1 Å². The van der Waals surface area contributed by atoms with E-state index < -0.39 is 17.8 Å². The number of carbonyl (C=O) groups excluding carboxylic acids is 3. The molecule has 2 aliphatic rings. The van der Waals surface area contributed by atoms with E-state index in [1.807, 2.05) is 24.3 Å². The topological polar surface area (TPSA) is 88.6 Å². The third-order valence-electron chi connectivity index (χ3n) is 6.04. The lowest BCUT2D eigenvalue weighted by Gasteiger charge is -2.15. The van der Waals surface area contributed by atoms with Crippen molar-refractivity contribution >= 4 is 45.8 Å². The molecule has 2 aromatic carbocycles. The lowest BCUT2D eigenvalue weighted by Crippen LogP contribution is -2.37. The number of alkyl halides is 2. The van der Waals surface area contributed by atoms with Gasteiger partial charge in [-0.3, -0.25) is 24.3 Å². The van der Waals surface area contributed by atoms with E-state index in [0.717, 1.165) is 58.1 Å². The first kappa shape index (κ1) is 23.9. The molecule has 0 radical (unpaired) electrons. The zero-order valence-electron chi connectivity index (χ0n) is 19.0. The molecule has 0 bridgehead atoms. The van der Waals surface area contributed by atoms with Crippen molar-refractivity contribution in [3.05, 3.63) is 75.8 Å². The number of halogens is 2. The normalized spacial score (nSPS) is 16.3. The summed E-state index contributed by atoms with van der Waals surface area (Å²) in [5.74, 6) is -0.721. The molecule has 3 aromatic rings. The Labute approximate surface area is 209 Å². The van der Waals surface area contributed by atoms with Crippen molar-refractivity contribution in [2.45, 2.75) is 25.9 Å². The molecule has 1 aliphatic carbocycles. The van der Waals surface area contributed by atoms with E-state index >= 15 is 0 Å². The van der Waals surface area contributed by atoms with Crippen LogP contribution in [0.4, 0.5) is 13.6 Å². The molecule has 10 heteroatoms. The van der Waals surface area contributed by atoms with E-state index in [9.17, 15) is 23.2 Å². The van der Waals surface area contributed by atoms with E-state index in [-0.39, 0.29) is 29.7 Å². The van der Waals surface area contributed by atoms with Gasteiger partial charge in [0.2, 0.25) is 0 Å². The van der Waals surface area contributed by atoms with Crippen molar-refractivity contribution in [1.82, 2.24) is 15.2 Å². The van der Waals surface area contributed by atoms with Crippen LogP contribution in [0.5, 0.6) is 5.75 Å². The molecule has 0 spiro atoms. The number of hydrogen-bond donors (Lipinski definition) is 1. The second-order valence-electron chi connectivity index (χ2n) is 8.32. The number of ether oxygens (including phenoxy) is 1. The van der Waals surface area contributed by atoms with Crippen LogP contribution >= 0.6 is 11.8 Å². The number of para-hydroxylation sites is 1. The summed E-state index contributed by atoms with van der Waals surface area (Å²) in [6.45, 7) is -2.79. The van der Waals surface area contributed by atoms with Gasteiger partial charge in [0, 0.05) is 24.2 Å². The minimum Gasteiger partial charge on any atom is -0.435 e. The Morgan fingerprint density at radius 2 is 1.92 bits per heavy atom. The molecule has 0 atom stereocenters. The predicted octanol–water partition coefficient (Wildman–Crippen LogP) is 4.79. The van der Waals surface area contributed by atoms with Crippen LogP contribution in [-0.2, 0) is 17.6 Å². The van der Waals surface area contributed by atoms with Gasteiger partial charge in [-0.05, 0) is 66.4 Å². The maximum absolute atomic E-state index is 13.2. The molecule has 5 rings (SSSR count). The van der Waals surface area contributed by atoms with Gasteiger partial charge in [0.25, 0.3) is 17.1 Å². The summed E-state index contributed by atoms with van der Waals surface area (Å²) in [7, 11) is 0. The number of imide groups is 1. The van der Waals surface area contributed by atoms with E-state index in [1.165, 1.54) is 30.3 Å². The van der Waals surface area contributed by atoms with E-state index in [0.29, 0.717) is 11.1 Å². The summed E-state index contributed by atoms with van der Waals surface area (Å²) < 4.78 is 28.9. The molecule has 0 saturated carbocycles. The number of rotatable bonds is 7. The number of thioether (sulfide) groups is 1. The van der Waals surface area contributed by atoms with Crippen molar-refractivity contribution in [1.29, 1.82) is 0 Å². The highest BCUT2D eigenvalue weighted by molar-refractivity contribution is 8.18. The van der Waals surface area contributed by atoms with E-state index in [2.05, 4.69) is 10.1 Å². The zero-order valence-corrected chi connectivity index (χ0v) is 19.8. The van der Waals surface area contributed by atoms with Crippen LogP contribution in [0.2, 0.25) is 0 Å². The van der Waals surface area contributed by atoms with Gasteiger partial charge < -0.3 is 10.1 Å². The molecular weight excluding hydrogens is 488 g/mol. The minimum absolute atomic E-state index is 0.00128. The van der Waals surface area contributed by atoms with Gasteiger partial charge in [0.05, 0.1) is 16.0 Å². The Bertz CT molecular complexity index is 1390. The molecule has 1 fully saturated rings. The molecular formula is C26H21F2N3O4S.